The Labute approximate surface area is 208 Å². The van der Waals surface area contributed by atoms with Crippen LogP contribution in [0.5, 0.6) is 0 Å². The highest BCUT2D eigenvalue weighted by molar-refractivity contribution is 7.99. The summed E-state index contributed by atoms with van der Waals surface area (Å²) in [4.78, 5) is 44.8. The zero-order valence-electron chi connectivity index (χ0n) is 19.1. The van der Waals surface area contributed by atoms with Crippen molar-refractivity contribution in [1.82, 2.24) is 4.90 Å². The van der Waals surface area contributed by atoms with Gasteiger partial charge in [-0.2, -0.15) is 11.8 Å². The highest BCUT2D eigenvalue weighted by Crippen LogP contribution is 2.44. The summed E-state index contributed by atoms with van der Waals surface area (Å²) in [6, 6.07) is 12.8. The Bertz CT molecular complexity index is 1150. The van der Waals surface area contributed by atoms with E-state index in [2.05, 4.69) is 10.2 Å². The summed E-state index contributed by atoms with van der Waals surface area (Å²) in [5.41, 5.74) is 2.02. The lowest BCUT2D eigenvalue weighted by Crippen LogP contribution is -2.62. The number of nitrogens with zero attached hydrogens (tertiary/aromatic N) is 3. The van der Waals surface area contributed by atoms with E-state index in [0.29, 0.717) is 34.8 Å². The van der Waals surface area contributed by atoms with E-state index in [4.69, 9.17) is 11.6 Å². The van der Waals surface area contributed by atoms with Crippen LogP contribution in [0.25, 0.3) is 0 Å². The van der Waals surface area contributed by atoms with Crippen LogP contribution >= 0.6 is 23.4 Å². The van der Waals surface area contributed by atoms with Crippen molar-refractivity contribution >= 4 is 58.1 Å². The van der Waals surface area contributed by atoms with Crippen molar-refractivity contribution in [3.05, 3.63) is 53.1 Å². The minimum atomic E-state index is -0.768. The van der Waals surface area contributed by atoms with Crippen LogP contribution < -0.4 is 15.1 Å². The molecule has 1 N–H and O–H groups in total. The summed E-state index contributed by atoms with van der Waals surface area (Å²) in [5, 5.41) is 3.57. The Morgan fingerprint density at radius 3 is 2.68 bits per heavy atom. The van der Waals surface area contributed by atoms with E-state index in [1.54, 1.807) is 28.0 Å². The van der Waals surface area contributed by atoms with Crippen molar-refractivity contribution in [2.24, 2.45) is 0 Å². The first-order valence-corrected chi connectivity index (χ1v) is 13.1. The van der Waals surface area contributed by atoms with Gasteiger partial charge in [0.05, 0.1) is 22.6 Å². The van der Waals surface area contributed by atoms with Crippen molar-refractivity contribution in [3.8, 4) is 0 Å². The van der Waals surface area contributed by atoms with Crippen molar-refractivity contribution in [1.29, 1.82) is 0 Å². The largest absolute Gasteiger partial charge is 0.368 e. The smallest absolute Gasteiger partial charge is 0.257 e. The minimum Gasteiger partial charge on any atom is -0.368 e. The second-order valence-corrected chi connectivity index (χ2v) is 10.6. The zero-order valence-corrected chi connectivity index (χ0v) is 20.6. The molecular weight excluding hydrogens is 472 g/mol. The minimum absolute atomic E-state index is 0.000153. The van der Waals surface area contributed by atoms with Crippen molar-refractivity contribution < 1.29 is 14.4 Å². The monoisotopic (exact) mass is 498 g/mol. The molecule has 7 nitrogen and oxygen atoms in total. The lowest BCUT2D eigenvalue weighted by atomic mass is 9.98. The van der Waals surface area contributed by atoms with Crippen molar-refractivity contribution in [2.45, 2.75) is 31.8 Å². The summed E-state index contributed by atoms with van der Waals surface area (Å²) in [6.45, 7) is 3.96. The van der Waals surface area contributed by atoms with E-state index in [0.717, 1.165) is 30.3 Å². The average molecular weight is 499 g/mol. The third-order valence-electron chi connectivity index (χ3n) is 6.89. The number of fused-ring (bicyclic) bond motifs is 3. The molecule has 2 fully saturated rings. The fourth-order valence-corrected chi connectivity index (χ4v) is 6.23. The number of nitrogens with one attached hydrogen (secondary N) is 1. The van der Waals surface area contributed by atoms with E-state index >= 15 is 0 Å². The molecule has 3 amide bonds. The molecule has 2 aromatic carbocycles. The van der Waals surface area contributed by atoms with Gasteiger partial charge in [-0.25, -0.2) is 0 Å². The molecule has 0 spiro atoms. The lowest BCUT2D eigenvalue weighted by molar-refractivity contribution is -0.117. The number of halogens is 1. The first-order valence-electron chi connectivity index (χ1n) is 11.5. The van der Waals surface area contributed by atoms with Gasteiger partial charge < -0.3 is 15.1 Å². The SMILES string of the molecule is C[C@@]12CCC(=O)N1c1ccccc1C(=O)N2CCC(=O)Nc1cc(Cl)ccc1N1CCSCC1. The van der Waals surface area contributed by atoms with E-state index in [9.17, 15) is 14.4 Å². The summed E-state index contributed by atoms with van der Waals surface area (Å²) < 4.78 is 0. The van der Waals surface area contributed by atoms with Crippen LogP contribution in [-0.2, 0) is 9.59 Å². The summed E-state index contributed by atoms with van der Waals surface area (Å²) in [7, 11) is 0. The highest BCUT2D eigenvalue weighted by atomic mass is 35.5. The van der Waals surface area contributed by atoms with Crippen LogP contribution in [0.1, 0.15) is 36.5 Å². The Morgan fingerprint density at radius 2 is 1.88 bits per heavy atom. The molecule has 2 saturated heterocycles. The normalized spacial score (nSPS) is 22.0. The summed E-state index contributed by atoms with van der Waals surface area (Å²) in [5.74, 6) is 1.75. The highest BCUT2D eigenvalue weighted by Gasteiger charge is 2.52. The topological polar surface area (TPSA) is 73.0 Å². The Morgan fingerprint density at radius 1 is 1.12 bits per heavy atom. The number of benzene rings is 2. The second kappa shape index (κ2) is 9.15. The summed E-state index contributed by atoms with van der Waals surface area (Å²) >= 11 is 8.16. The molecule has 0 radical (unpaired) electrons. The third-order valence-corrected chi connectivity index (χ3v) is 8.07. The van der Waals surface area contributed by atoms with Crippen LogP contribution in [0, 0.1) is 0 Å². The van der Waals surface area contributed by atoms with Gasteiger partial charge in [-0.15, -0.1) is 0 Å². The quantitative estimate of drug-likeness (QED) is 0.668. The van der Waals surface area contributed by atoms with Crippen LogP contribution in [0.3, 0.4) is 0 Å². The van der Waals surface area contributed by atoms with Crippen LogP contribution in [0.15, 0.2) is 42.5 Å². The fourth-order valence-electron chi connectivity index (χ4n) is 5.16. The zero-order chi connectivity index (χ0) is 23.9. The Kier molecular flexibility index (Phi) is 6.20. The fraction of sp³-hybridized carbons (Fsp3) is 0.400. The molecule has 0 unspecified atom stereocenters. The first-order chi connectivity index (χ1) is 16.4. The molecule has 34 heavy (non-hydrogen) atoms. The third kappa shape index (κ3) is 4.03. The number of thioether (sulfide) groups is 1. The molecule has 1 atom stereocenters. The van der Waals surface area contributed by atoms with E-state index in [-0.39, 0.29) is 30.7 Å². The van der Waals surface area contributed by atoms with E-state index < -0.39 is 5.66 Å². The van der Waals surface area contributed by atoms with Crippen LogP contribution in [0.4, 0.5) is 17.1 Å². The van der Waals surface area contributed by atoms with Gasteiger partial charge >= 0.3 is 0 Å². The molecule has 0 bridgehead atoms. The van der Waals surface area contributed by atoms with E-state index in [1.165, 1.54) is 0 Å². The number of hydrogen-bond acceptors (Lipinski definition) is 5. The summed E-state index contributed by atoms with van der Waals surface area (Å²) in [6.07, 6.45) is 1.03. The van der Waals surface area contributed by atoms with Crippen molar-refractivity contribution in [3.63, 3.8) is 0 Å². The number of amides is 3. The standard InChI is InChI=1S/C25H27ClN4O3S/c1-25-10-8-23(32)30(25)20-5-3-2-4-18(20)24(33)29(25)11-9-22(31)27-19-16-17(26)6-7-21(19)28-12-14-34-15-13-28/h2-7,16H,8-15H2,1H3,(H,27,31)/t25-/m0/s1. The molecule has 178 valence electrons. The van der Waals surface area contributed by atoms with Gasteiger partial charge in [-0.3, -0.25) is 19.3 Å². The molecule has 5 rings (SSSR count). The molecule has 3 heterocycles. The number of rotatable bonds is 5. The molecule has 0 saturated carbocycles. The predicted octanol–water partition coefficient (Wildman–Crippen LogP) is 4.22. The molecule has 2 aromatic rings. The van der Waals surface area contributed by atoms with Gasteiger partial charge in [0.25, 0.3) is 5.91 Å². The first kappa shape index (κ1) is 23.1. The van der Waals surface area contributed by atoms with Gasteiger partial charge in [0.15, 0.2) is 0 Å². The van der Waals surface area contributed by atoms with Gasteiger partial charge in [-0.05, 0) is 43.7 Å². The maximum Gasteiger partial charge on any atom is 0.257 e. The molecule has 0 aromatic heterocycles. The maximum atomic E-state index is 13.4. The van der Waals surface area contributed by atoms with Crippen LogP contribution in [0.2, 0.25) is 5.02 Å². The van der Waals surface area contributed by atoms with Gasteiger partial charge in [-0.1, -0.05) is 23.7 Å². The van der Waals surface area contributed by atoms with E-state index in [1.807, 2.05) is 43.0 Å². The average Bonchev–Trinajstić information content (AvgIpc) is 3.14. The Hall–Kier alpha value is -2.71. The number of hydrogen-bond donors (Lipinski definition) is 1. The molecule has 3 aliphatic heterocycles. The van der Waals surface area contributed by atoms with Gasteiger partial charge in [0.1, 0.15) is 5.66 Å². The predicted molar refractivity (Wildman–Crippen MR) is 137 cm³/mol. The maximum absolute atomic E-state index is 13.4. The van der Waals surface area contributed by atoms with Gasteiger partial charge in [0, 0.05) is 49.0 Å². The molecule has 3 aliphatic rings. The Balaban J connectivity index is 1.34. The van der Waals surface area contributed by atoms with Gasteiger partial charge in [0.2, 0.25) is 11.8 Å². The van der Waals surface area contributed by atoms with Crippen molar-refractivity contribution in [2.75, 3.05) is 46.3 Å². The molecular formula is C25H27ClN4O3S. The second-order valence-electron chi connectivity index (χ2n) is 8.98. The van der Waals surface area contributed by atoms with Crippen LogP contribution in [-0.4, -0.2) is 59.4 Å². The number of anilines is 3. The molecule has 0 aliphatic carbocycles. The lowest BCUT2D eigenvalue weighted by Gasteiger charge is -2.48. The number of carbonyl (C=O) groups excluding carboxylic acids is 3. The molecule has 9 heteroatoms. The number of carbonyl (C=O) groups is 3. The number of para-hydroxylation sites is 1.